The molecule has 17 heavy (non-hydrogen) atoms. The Labute approximate surface area is 101 Å². The molecular formula is C13H16N4. The summed E-state index contributed by atoms with van der Waals surface area (Å²) in [5.41, 5.74) is 1.09. The van der Waals surface area contributed by atoms with E-state index in [1.54, 1.807) is 0 Å². The van der Waals surface area contributed by atoms with Crippen LogP contribution < -0.4 is 5.32 Å². The van der Waals surface area contributed by atoms with Gasteiger partial charge in [-0.15, -0.1) is 16.8 Å². The summed E-state index contributed by atoms with van der Waals surface area (Å²) in [5.74, 6) is 1.81. The number of hydrogen-bond acceptors (Lipinski definition) is 3. The fraction of sp³-hybridized carbons (Fsp3) is 0.231. The largest absolute Gasteiger partial charge is 0.306 e. The van der Waals surface area contributed by atoms with E-state index in [-0.39, 0.29) is 0 Å². The second-order valence-electron chi connectivity index (χ2n) is 3.75. The first-order valence-corrected chi connectivity index (χ1v) is 5.61. The minimum absolute atomic E-state index is 0.682. The van der Waals surface area contributed by atoms with Crippen molar-refractivity contribution in [2.24, 2.45) is 0 Å². The van der Waals surface area contributed by atoms with Crippen molar-refractivity contribution in [1.29, 1.82) is 0 Å². The highest BCUT2D eigenvalue weighted by atomic mass is 15.3. The zero-order valence-corrected chi connectivity index (χ0v) is 9.93. The van der Waals surface area contributed by atoms with Gasteiger partial charge in [0.1, 0.15) is 5.82 Å². The van der Waals surface area contributed by atoms with Crippen molar-refractivity contribution >= 4 is 0 Å². The molecule has 4 nitrogen and oxygen atoms in total. The summed E-state index contributed by atoms with van der Waals surface area (Å²) in [4.78, 5) is 0. The van der Waals surface area contributed by atoms with Crippen LogP contribution in [0.4, 0.5) is 0 Å². The van der Waals surface area contributed by atoms with Crippen molar-refractivity contribution in [2.45, 2.75) is 13.5 Å². The van der Waals surface area contributed by atoms with Gasteiger partial charge in [-0.25, -0.2) is 0 Å². The molecule has 0 fully saturated rings. The Morgan fingerprint density at radius 2 is 2.06 bits per heavy atom. The fourth-order valence-corrected chi connectivity index (χ4v) is 1.72. The maximum Gasteiger partial charge on any atom is 0.151 e. The van der Waals surface area contributed by atoms with Crippen LogP contribution in [0.15, 0.2) is 43.0 Å². The van der Waals surface area contributed by atoms with E-state index in [9.17, 15) is 0 Å². The predicted molar refractivity (Wildman–Crippen MR) is 68.0 cm³/mol. The molecule has 0 bridgehead atoms. The highest BCUT2D eigenvalue weighted by Gasteiger charge is 2.09. The second kappa shape index (κ2) is 5.41. The molecule has 2 aromatic rings. The minimum atomic E-state index is 0.682. The van der Waals surface area contributed by atoms with Gasteiger partial charge < -0.3 is 5.32 Å². The molecule has 2 rings (SSSR count). The molecule has 0 spiro atoms. The summed E-state index contributed by atoms with van der Waals surface area (Å²) in [6.45, 7) is 7.07. The molecule has 1 heterocycles. The smallest absolute Gasteiger partial charge is 0.151 e. The van der Waals surface area contributed by atoms with E-state index in [2.05, 4.69) is 26.7 Å². The topological polar surface area (TPSA) is 42.7 Å². The Balaban J connectivity index is 2.27. The molecule has 0 unspecified atom stereocenters. The monoisotopic (exact) mass is 228 g/mol. The van der Waals surface area contributed by atoms with E-state index >= 15 is 0 Å². The summed E-state index contributed by atoms with van der Waals surface area (Å²) in [6, 6.07) is 10.1. The summed E-state index contributed by atoms with van der Waals surface area (Å²) < 4.78 is 2.05. The first-order valence-electron chi connectivity index (χ1n) is 5.61. The van der Waals surface area contributed by atoms with Gasteiger partial charge in [-0.2, -0.15) is 0 Å². The van der Waals surface area contributed by atoms with Crippen molar-refractivity contribution < 1.29 is 0 Å². The summed E-state index contributed by atoms with van der Waals surface area (Å²) in [6.07, 6.45) is 1.83. The van der Waals surface area contributed by atoms with Gasteiger partial charge >= 0.3 is 0 Å². The molecule has 88 valence electrons. The quantitative estimate of drug-likeness (QED) is 0.627. The number of rotatable bonds is 5. The number of nitrogens with zero attached hydrogens (tertiary/aromatic N) is 3. The molecule has 0 amide bonds. The average Bonchev–Trinajstić information content (AvgIpc) is 2.72. The molecule has 0 aliphatic heterocycles. The van der Waals surface area contributed by atoms with Crippen LogP contribution in [0.25, 0.3) is 5.69 Å². The molecule has 0 aliphatic rings. The van der Waals surface area contributed by atoms with Crippen molar-refractivity contribution in [3.8, 4) is 5.69 Å². The summed E-state index contributed by atoms with van der Waals surface area (Å²) in [5, 5.41) is 11.5. The lowest BCUT2D eigenvalue weighted by atomic mass is 10.3. The first-order chi connectivity index (χ1) is 8.33. The van der Waals surface area contributed by atoms with Gasteiger partial charge in [0.25, 0.3) is 0 Å². The molecule has 0 atom stereocenters. The molecule has 1 aromatic heterocycles. The van der Waals surface area contributed by atoms with Crippen LogP contribution in [0.1, 0.15) is 11.6 Å². The van der Waals surface area contributed by atoms with Crippen LogP contribution in [-0.4, -0.2) is 21.3 Å². The van der Waals surface area contributed by atoms with Crippen LogP contribution in [0.3, 0.4) is 0 Å². The van der Waals surface area contributed by atoms with Crippen molar-refractivity contribution in [3.05, 3.63) is 54.6 Å². The van der Waals surface area contributed by atoms with Crippen molar-refractivity contribution in [3.63, 3.8) is 0 Å². The van der Waals surface area contributed by atoms with E-state index in [1.165, 1.54) is 0 Å². The molecule has 0 saturated heterocycles. The highest BCUT2D eigenvalue weighted by Crippen LogP contribution is 2.11. The lowest BCUT2D eigenvalue weighted by molar-refractivity contribution is 0.698. The maximum absolute atomic E-state index is 4.18. The number of benzene rings is 1. The molecule has 1 aromatic carbocycles. The number of nitrogens with one attached hydrogen (secondary N) is 1. The maximum atomic E-state index is 4.18. The number of aryl methyl sites for hydroxylation is 1. The Bertz CT molecular complexity index is 487. The Morgan fingerprint density at radius 1 is 1.29 bits per heavy atom. The van der Waals surface area contributed by atoms with E-state index in [0.717, 1.165) is 23.9 Å². The second-order valence-corrected chi connectivity index (χ2v) is 3.75. The molecule has 0 radical (unpaired) electrons. The third-order valence-corrected chi connectivity index (χ3v) is 2.48. The van der Waals surface area contributed by atoms with Crippen LogP contribution in [0.5, 0.6) is 0 Å². The van der Waals surface area contributed by atoms with Crippen LogP contribution >= 0.6 is 0 Å². The third-order valence-electron chi connectivity index (χ3n) is 2.48. The van der Waals surface area contributed by atoms with E-state index < -0.39 is 0 Å². The zero-order chi connectivity index (χ0) is 12.1. The zero-order valence-electron chi connectivity index (χ0n) is 9.93. The Hall–Kier alpha value is -1.94. The van der Waals surface area contributed by atoms with Gasteiger partial charge in [-0.05, 0) is 19.1 Å². The van der Waals surface area contributed by atoms with Gasteiger partial charge in [-0.1, -0.05) is 24.3 Å². The van der Waals surface area contributed by atoms with Gasteiger partial charge in [0.2, 0.25) is 0 Å². The van der Waals surface area contributed by atoms with E-state index in [0.29, 0.717) is 6.54 Å². The fourth-order valence-electron chi connectivity index (χ4n) is 1.72. The van der Waals surface area contributed by atoms with Gasteiger partial charge in [-0.3, -0.25) is 4.57 Å². The molecule has 0 aliphatic carbocycles. The molecular weight excluding hydrogens is 212 g/mol. The number of aromatic nitrogens is 3. The van der Waals surface area contributed by atoms with E-state index in [1.807, 2.05) is 43.3 Å². The SMILES string of the molecule is C=CCNCc1nnc(C)n1-c1ccccc1. The summed E-state index contributed by atoms with van der Waals surface area (Å²) >= 11 is 0. The standard InChI is InChI=1S/C13H16N4/c1-3-9-14-10-13-16-15-11(2)17(13)12-7-5-4-6-8-12/h3-8,14H,1,9-10H2,2H3. The van der Waals surface area contributed by atoms with Crippen molar-refractivity contribution in [2.75, 3.05) is 6.54 Å². The number of hydrogen-bond donors (Lipinski definition) is 1. The lowest BCUT2D eigenvalue weighted by Crippen LogP contribution is -2.16. The van der Waals surface area contributed by atoms with Crippen LogP contribution in [-0.2, 0) is 6.54 Å². The normalized spacial score (nSPS) is 10.4. The third kappa shape index (κ3) is 2.60. The summed E-state index contributed by atoms with van der Waals surface area (Å²) in [7, 11) is 0. The minimum Gasteiger partial charge on any atom is -0.306 e. The molecule has 0 saturated carbocycles. The van der Waals surface area contributed by atoms with Gasteiger partial charge in [0, 0.05) is 12.2 Å². The van der Waals surface area contributed by atoms with Crippen LogP contribution in [0.2, 0.25) is 0 Å². The predicted octanol–water partition coefficient (Wildman–Crippen LogP) is 1.85. The molecule has 1 N–H and O–H groups in total. The van der Waals surface area contributed by atoms with Gasteiger partial charge in [0.05, 0.1) is 6.54 Å². The van der Waals surface area contributed by atoms with Gasteiger partial charge in [0.15, 0.2) is 5.82 Å². The first kappa shape index (κ1) is 11.5. The van der Waals surface area contributed by atoms with E-state index in [4.69, 9.17) is 0 Å². The van der Waals surface area contributed by atoms with Crippen LogP contribution in [0, 0.1) is 6.92 Å². The Kier molecular flexibility index (Phi) is 3.67. The lowest BCUT2D eigenvalue weighted by Gasteiger charge is -2.08. The molecule has 4 heteroatoms. The number of para-hydroxylation sites is 1. The highest BCUT2D eigenvalue weighted by molar-refractivity contribution is 5.33. The van der Waals surface area contributed by atoms with Crippen molar-refractivity contribution in [1.82, 2.24) is 20.1 Å². The Morgan fingerprint density at radius 3 is 2.76 bits per heavy atom. The average molecular weight is 228 g/mol.